The molecule has 2 unspecified atom stereocenters. The number of aliphatic hydroxyl groups is 2. The molecular weight excluding hydrogens is 198 g/mol. The summed E-state index contributed by atoms with van der Waals surface area (Å²) >= 11 is 0. The van der Waals surface area contributed by atoms with Crippen LogP contribution in [-0.2, 0) is 4.79 Å². The van der Waals surface area contributed by atoms with Crippen molar-refractivity contribution in [2.45, 2.75) is 51.7 Å². The van der Waals surface area contributed by atoms with Crippen LogP contribution in [0, 0.1) is 11.3 Å². The highest BCUT2D eigenvalue weighted by Gasteiger charge is 2.04. The van der Waals surface area contributed by atoms with Crippen molar-refractivity contribution in [3.8, 4) is 6.07 Å². The topological polar surface area (TPSA) is 102 Å². The van der Waals surface area contributed by atoms with Gasteiger partial charge in [0.05, 0.1) is 31.1 Å². The Hall–Kier alpha value is -1.12. The minimum Gasteiger partial charge on any atom is -0.481 e. The lowest BCUT2D eigenvalue weighted by atomic mass is 10.2. The lowest BCUT2D eigenvalue weighted by Gasteiger charge is -2.00. The van der Waals surface area contributed by atoms with E-state index in [0.717, 1.165) is 0 Å². The zero-order valence-electron chi connectivity index (χ0n) is 9.18. The van der Waals surface area contributed by atoms with Crippen LogP contribution in [0.1, 0.15) is 39.5 Å². The second kappa shape index (κ2) is 11.0. The minimum atomic E-state index is -0.945. The van der Waals surface area contributed by atoms with E-state index in [1.54, 1.807) is 6.92 Å². The van der Waals surface area contributed by atoms with E-state index < -0.39 is 18.2 Å². The molecule has 0 heterocycles. The Balaban J connectivity index is 0. The van der Waals surface area contributed by atoms with Gasteiger partial charge >= 0.3 is 5.97 Å². The molecule has 15 heavy (non-hydrogen) atoms. The third-order valence-electron chi connectivity index (χ3n) is 1.68. The number of hydrogen-bond donors (Lipinski definition) is 3. The second-order valence-electron chi connectivity index (χ2n) is 3.08. The summed E-state index contributed by atoms with van der Waals surface area (Å²) in [6.45, 7) is 3.59. The molecule has 0 amide bonds. The molecule has 0 saturated carbocycles. The summed E-state index contributed by atoms with van der Waals surface area (Å²) < 4.78 is 0. The number of carbonyl (C=O) groups is 1. The molecule has 0 aromatic carbocycles. The maximum Gasteiger partial charge on any atom is 0.305 e. The summed E-state index contributed by atoms with van der Waals surface area (Å²) in [7, 11) is 0. The van der Waals surface area contributed by atoms with Gasteiger partial charge in [-0.05, 0) is 12.8 Å². The average molecular weight is 217 g/mol. The first-order chi connectivity index (χ1) is 6.97. The summed E-state index contributed by atoms with van der Waals surface area (Å²) in [4.78, 5) is 9.81. The van der Waals surface area contributed by atoms with Gasteiger partial charge in [-0.2, -0.15) is 5.26 Å². The molecule has 0 bridgehead atoms. The Morgan fingerprint density at radius 3 is 1.87 bits per heavy atom. The molecule has 0 saturated heterocycles. The van der Waals surface area contributed by atoms with Crippen LogP contribution in [0.25, 0.3) is 0 Å². The molecule has 0 aromatic heterocycles. The van der Waals surface area contributed by atoms with Crippen LogP contribution >= 0.6 is 0 Å². The largest absolute Gasteiger partial charge is 0.481 e. The lowest BCUT2D eigenvalue weighted by Crippen LogP contribution is -2.10. The van der Waals surface area contributed by atoms with Gasteiger partial charge in [-0.3, -0.25) is 4.79 Å². The van der Waals surface area contributed by atoms with E-state index in [4.69, 9.17) is 20.6 Å². The van der Waals surface area contributed by atoms with E-state index in [1.165, 1.54) is 0 Å². The Bertz CT molecular complexity index is 200. The molecule has 0 aliphatic carbocycles. The van der Waals surface area contributed by atoms with Crippen LogP contribution in [0.5, 0.6) is 0 Å². The van der Waals surface area contributed by atoms with E-state index in [1.807, 2.05) is 13.0 Å². The molecule has 2 atom stereocenters. The highest BCUT2D eigenvalue weighted by molar-refractivity contribution is 5.67. The molecule has 0 fully saturated rings. The fourth-order valence-corrected chi connectivity index (χ4v) is 0.596. The fraction of sp³-hybridized carbons (Fsp3) is 0.800. The first-order valence-electron chi connectivity index (χ1n) is 4.92. The maximum atomic E-state index is 9.81. The van der Waals surface area contributed by atoms with Crippen molar-refractivity contribution in [1.29, 1.82) is 5.26 Å². The van der Waals surface area contributed by atoms with Crippen molar-refractivity contribution in [3.63, 3.8) is 0 Å². The Labute approximate surface area is 90.0 Å². The first-order valence-corrected chi connectivity index (χ1v) is 4.92. The summed E-state index contributed by atoms with van der Waals surface area (Å²) in [5.41, 5.74) is 0. The van der Waals surface area contributed by atoms with Crippen LogP contribution in [0.3, 0.4) is 0 Å². The predicted octanol–water partition coefficient (Wildman–Crippen LogP) is 0.903. The quantitative estimate of drug-likeness (QED) is 0.635. The molecule has 3 N–H and O–H groups in total. The zero-order chi connectivity index (χ0) is 12.3. The van der Waals surface area contributed by atoms with E-state index in [2.05, 4.69) is 0 Å². The van der Waals surface area contributed by atoms with Gasteiger partial charge in [0, 0.05) is 0 Å². The molecule has 0 aliphatic heterocycles. The molecule has 0 rings (SSSR count). The molecule has 5 heteroatoms. The van der Waals surface area contributed by atoms with Crippen LogP contribution in [-0.4, -0.2) is 33.5 Å². The number of carboxylic acid groups (broad SMARTS) is 1. The van der Waals surface area contributed by atoms with Crippen molar-refractivity contribution >= 4 is 5.97 Å². The van der Waals surface area contributed by atoms with Crippen LogP contribution < -0.4 is 0 Å². The standard InChI is InChI=1S/C5H9NO.C5H10O3/c1-2-5(7)3-4-6;1-2-4(6)3-5(7)8/h5,7H,2-3H2,1H3;4,6H,2-3H2,1H3,(H,7,8). The summed E-state index contributed by atoms with van der Waals surface area (Å²) in [5.74, 6) is -0.945. The molecule has 0 aromatic rings. The fourth-order valence-electron chi connectivity index (χ4n) is 0.596. The van der Waals surface area contributed by atoms with Gasteiger partial charge in [0.15, 0.2) is 0 Å². The van der Waals surface area contributed by atoms with Crippen LogP contribution in [0.4, 0.5) is 0 Å². The molecule has 0 spiro atoms. The zero-order valence-corrected chi connectivity index (χ0v) is 9.18. The van der Waals surface area contributed by atoms with Crippen molar-refractivity contribution in [1.82, 2.24) is 0 Å². The van der Waals surface area contributed by atoms with Gasteiger partial charge in [0.2, 0.25) is 0 Å². The molecule has 5 nitrogen and oxygen atoms in total. The van der Waals surface area contributed by atoms with Crippen LogP contribution in [0.2, 0.25) is 0 Å². The Kier molecular flexibility index (Phi) is 11.9. The van der Waals surface area contributed by atoms with E-state index >= 15 is 0 Å². The monoisotopic (exact) mass is 217 g/mol. The molecular formula is C10H19NO4. The number of hydrogen-bond acceptors (Lipinski definition) is 4. The number of nitriles is 1. The number of carboxylic acids is 1. The summed E-state index contributed by atoms with van der Waals surface area (Å²) in [6.07, 6.45) is 0.213. The first kappa shape index (κ1) is 16.3. The number of aliphatic carboxylic acids is 1. The predicted molar refractivity (Wildman–Crippen MR) is 55.1 cm³/mol. The average Bonchev–Trinajstić information content (AvgIpc) is 2.18. The molecule has 88 valence electrons. The smallest absolute Gasteiger partial charge is 0.305 e. The van der Waals surface area contributed by atoms with Crippen molar-refractivity contribution in [3.05, 3.63) is 0 Å². The number of nitrogens with zero attached hydrogens (tertiary/aromatic N) is 1. The van der Waals surface area contributed by atoms with Crippen molar-refractivity contribution in [2.24, 2.45) is 0 Å². The maximum absolute atomic E-state index is 9.81. The van der Waals surface area contributed by atoms with Gasteiger partial charge in [0.25, 0.3) is 0 Å². The van der Waals surface area contributed by atoms with Crippen LogP contribution in [0.15, 0.2) is 0 Å². The van der Waals surface area contributed by atoms with Gasteiger partial charge in [-0.15, -0.1) is 0 Å². The number of rotatable bonds is 5. The Morgan fingerprint density at radius 2 is 1.73 bits per heavy atom. The molecule has 0 radical (unpaired) electrons. The minimum absolute atomic E-state index is 0.142. The van der Waals surface area contributed by atoms with Gasteiger partial charge in [0.1, 0.15) is 0 Å². The summed E-state index contributed by atoms with van der Waals surface area (Å²) in [6, 6.07) is 1.87. The molecule has 0 aliphatic rings. The SMILES string of the molecule is CCC(O)CC#N.CCC(O)CC(=O)O. The van der Waals surface area contributed by atoms with E-state index in [9.17, 15) is 4.79 Å². The third-order valence-corrected chi connectivity index (χ3v) is 1.68. The number of aliphatic hydroxyl groups excluding tert-OH is 2. The summed E-state index contributed by atoms with van der Waals surface area (Å²) in [5, 5.41) is 33.3. The highest BCUT2D eigenvalue weighted by atomic mass is 16.4. The lowest BCUT2D eigenvalue weighted by molar-refractivity contribution is -0.139. The van der Waals surface area contributed by atoms with Gasteiger partial charge < -0.3 is 15.3 Å². The van der Waals surface area contributed by atoms with E-state index in [-0.39, 0.29) is 12.8 Å². The van der Waals surface area contributed by atoms with E-state index in [0.29, 0.717) is 12.8 Å². The highest BCUT2D eigenvalue weighted by Crippen LogP contribution is 1.94. The normalized spacial score (nSPS) is 13.0. The van der Waals surface area contributed by atoms with Gasteiger partial charge in [-0.1, -0.05) is 13.8 Å². The Morgan fingerprint density at radius 1 is 1.27 bits per heavy atom. The van der Waals surface area contributed by atoms with Crippen molar-refractivity contribution in [2.75, 3.05) is 0 Å². The second-order valence-corrected chi connectivity index (χ2v) is 3.08. The van der Waals surface area contributed by atoms with Crippen molar-refractivity contribution < 1.29 is 20.1 Å². The third kappa shape index (κ3) is 15.6. The van der Waals surface area contributed by atoms with Gasteiger partial charge in [-0.25, -0.2) is 0 Å².